The molecule has 1 rings (SSSR count). The standard InChI is InChI=1S/C14H16N2O2S/c1-11(6-8-15)16(2)14(18)13-12(7-10-19-13)5-3-4-9-17/h7,10-11,17H,4,6,9H2,1-2H3. The number of carbonyl (C=O) groups is 1. The molecule has 0 aromatic carbocycles. The van der Waals surface area contributed by atoms with Gasteiger partial charge in [-0.2, -0.15) is 5.26 Å². The third-order valence-electron chi connectivity index (χ3n) is 2.69. The first-order chi connectivity index (χ1) is 9.11. The molecule has 1 unspecified atom stereocenters. The second-order valence-corrected chi connectivity index (χ2v) is 4.98. The van der Waals surface area contributed by atoms with Crippen molar-refractivity contribution in [1.29, 1.82) is 5.26 Å². The van der Waals surface area contributed by atoms with E-state index in [-0.39, 0.29) is 18.6 Å². The van der Waals surface area contributed by atoms with Gasteiger partial charge in [0, 0.05) is 25.1 Å². The van der Waals surface area contributed by atoms with Crippen molar-refractivity contribution in [3.8, 4) is 17.9 Å². The molecule has 1 aromatic heterocycles. The minimum atomic E-state index is -0.127. The van der Waals surface area contributed by atoms with Crippen LogP contribution in [-0.4, -0.2) is 35.6 Å². The molecule has 1 amide bonds. The first-order valence-corrected chi connectivity index (χ1v) is 6.81. The monoisotopic (exact) mass is 276 g/mol. The summed E-state index contributed by atoms with van der Waals surface area (Å²) >= 11 is 1.34. The van der Waals surface area contributed by atoms with Crippen molar-refractivity contribution in [2.24, 2.45) is 0 Å². The van der Waals surface area contributed by atoms with Crippen molar-refractivity contribution < 1.29 is 9.90 Å². The summed E-state index contributed by atoms with van der Waals surface area (Å²) in [5.41, 5.74) is 0.680. The maximum absolute atomic E-state index is 12.3. The van der Waals surface area contributed by atoms with E-state index in [1.807, 2.05) is 12.3 Å². The van der Waals surface area contributed by atoms with Gasteiger partial charge in [-0.3, -0.25) is 4.79 Å². The highest BCUT2D eigenvalue weighted by Crippen LogP contribution is 2.19. The topological polar surface area (TPSA) is 64.3 Å². The molecular formula is C14H16N2O2S. The molecule has 4 nitrogen and oxygen atoms in total. The molecule has 1 heterocycles. The Labute approximate surface area is 117 Å². The average molecular weight is 276 g/mol. The van der Waals surface area contributed by atoms with E-state index < -0.39 is 0 Å². The minimum absolute atomic E-state index is 0.0134. The van der Waals surface area contributed by atoms with Gasteiger partial charge in [-0.15, -0.1) is 11.3 Å². The van der Waals surface area contributed by atoms with E-state index in [2.05, 4.69) is 17.9 Å². The summed E-state index contributed by atoms with van der Waals surface area (Å²) < 4.78 is 0. The second kappa shape index (κ2) is 7.58. The molecule has 19 heavy (non-hydrogen) atoms. The number of thiophene rings is 1. The van der Waals surface area contributed by atoms with E-state index in [0.29, 0.717) is 23.3 Å². The Morgan fingerprint density at radius 2 is 2.37 bits per heavy atom. The molecule has 0 saturated heterocycles. The minimum Gasteiger partial charge on any atom is -0.395 e. The molecule has 0 bridgehead atoms. The van der Waals surface area contributed by atoms with Crippen molar-refractivity contribution >= 4 is 17.2 Å². The lowest BCUT2D eigenvalue weighted by molar-refractivity contribution is 0.0751. The van der Waals surface area contributed by atoms with Crippen molar-refractivity contribution in [1.82, 2.24) is 4.90 Å². The van der Waals surface area contributed by atoms with Gasteiger partial charge in [0.05, 0.1) is 19.1 Å². The van der Waals surface area contributed by atoms with E-state index in [1.165, 1.54) is 11.3 Å². The third kappa shape index (κ3) is 4.10. The van der Waals surface area contributed by atoms with Crippen LogP contribution in [-0.2, 0) is 0 Å². The summed E-state index contributed by atoms with van der Waals surface area (Å²) in [7, 11) is 1.69. The lowest BCUT2D eigenvalue weighted by Crippen LogP contribution is -2.34. The Balaban J connectivity index is 2.87. The van der Waals surface area contributed by atoms with Crippen LogP contribution in [0.25, 0.3) is 0 Å². The molecule has 0 radical (unpaired) electrons. The van der Waals surface area contributed by atoms with Crippen LogP contribution in [0.2, 0.25) is 0 Å². The predicted molar refractivity (Wildman–Crippen MR) is 74.7 cm³/mol. The number of nitrogens with zero attached hydrogens (tertiary/aromatic N) is 2. The zero-order chi connectivity index (χ0) is 14.3. The fourth-order valence-electron chi connectivity index (χ4n) is 1.42. The van der Waals surface area contributed by atoms with Gasteiger partial charge in [0.15, 0.2) is 0 Å². The van der Waals surface area contributed by atoms with Gasteiger partial charge in [-0.25, -0.2) is 0 Å². The maximum atomic E-state index is 12.3. The summed E-state index contributed by atoms with van der Waals surface area (Å²) in [6.45, 7) is 1.85. The fraction of sp³-hybridized carbons (Fsp3) is 0.429. The molecule has 0 aliphatic rings. The number of carbonyl (C=O) groups excluding carboxylic acids is 1. The number of hydrogen-bond donors (Lipinski definition) is 1. The van der Waals surface area contributed by atoms with Gasteiger partial charge in [0.25, 0.3) is 5.91 Å². The average Bonchev–Trinajstić information content (AvgIpc) is 2.86. The van der Waals surface area contributed by atoms with Crippen molar-refractivity contribution in [2.75, 3.05) is 13.7 Å². The molecule has 100 valence electrons. The summed E-state index contributed by atoms with van der Waals surface area (Å²) in [5.74, 6) is 5.58. The number of rotatable bonds is 4. The van der Waals surface area contributed by atoms with Crippen LogP contribution < -0.4 is 0 Å². The summed E-state index contributed by atoms with van der Waals surface area (Å²) in [4.78, 5) is 14.4. The van der Waals surface area contributed by atoms with Crippen LogP contribution >= 0.6 is 11.3 Å². The molecule has 0 spiro atoms. The lowest BCUT2D eigenvalue weighted by Gasteiger charge is -2.22. The summed E-state index contributed by atoms with van der Waals surface area (Å²) in [6, 6.07) is 3.73. The maximum Gasteiger partial charge on any atom is 0.265 e. The molecule has 1 aromatic rings. The normalized spacial score (nSPS) is 11.1. The predicted octanol–water partition coefficient (Wildman–Crippen LogP) is 1.86. The van der Waals surface area contributed by atoms with Crippen LogP contribution in [0.5, 0.6) is 0 Å². The molecule has 0 aliphatic heterocycles. The van der Waals surface area contributed by atoms with Crippen LogP contribution in [0, 0.1) is 23.2 Å². The van der Waals surface area contributed by atoms with Crippen molar-refractivity contribution in [3.63, 3.8) is 0 Å². The van der Waals surface area contributed by atoms with E-state index in [1.54, 1.807) is 18.0 Å². The van der Waals surface area contributed by atoms with Gasteiger partial charge in [0.2, 0.25) is 0 Å². The number of amides is 1. The Morgan fingerprint density at radius 1 is 1.63 bits per heavy atom. The van der Waals surface area contributed by atoms with Gasteiger partial charge < -0.3 is 10.0 Å². The van der Waals surface area contributed by atoms with Crippen LogP contribution in [0.4, 0.5) is 0 Å². The third-order valence-corrected chi connectivity index (χ3v) is 3.59. The zero-order valence-corrected chi connectivity index (χ0v) is 11.8. The van der Waals surface area contributed by atoms with Gasteiger partial charge >= 0.3 is 0 Å². The molecule has 1 atom stereocenters. The first-order valence-electron chi connectivity index (χ1n) is 5.93. The number of aliphatic hydroxyl groups is 1. The molecule has 0 aliphatic carbocycles. The highest BCUT2D eigenvalue weighted by atomic mass is 32.1. The van der Waals surface area contributed by atoms with E-state index >= 15 is 0 Å². The highest BCUT2D eigenvalue weighted by Gasteiger charge is 2.20. The quantitative estimate of drug-likeness (QED) is 0.854. The number of nitriles is 1. The number of aliphatic hydroxyl groups excluding tert-OH is 1. The van der Waals surface area contributed by atoms with E-state index in [0.717, 1.165) is 0 Å². The van der Waals surface area contributed by atoms with Crippen LogP contribution in [0.1, 0.15) is 35.0 Å². The Morgan fingerprint density at radius 3 is 3.00 bits per heavy atom. The molecule has 1 N–H and O–H groups in total. The van der Waals surface area contributed by atoms with E-state index in [4.69, 9.17) is 10.4 Å². The number of hydrogen-bond acceptors (Lipinski definition) is 4. The van der Waals surface area contributed by atoms with E-state index in [9.17, 15) is 4.79 Å². The van der Waals surface area contributed by atoms with Crippen molar-refractivity contribution in [2.45, 2.75) is 25.8 Å². The SMILES string of the molecule is CC(CC#N)N(C)C(=O)c1sccc1C#CCCO. The van der Waals surface area contributed by atoms with Crippen LogP contribution in [0.15, 0.2) is 11.4 Å². The summed E-state index contributed by atoms with van der Waals surface area (Å²) in [6.07, 6.45) is 0.698. The van der Waals surface area contributed by atoms with Gasteiger partial charge in [0.1, 0.15) is 4.88 Å². The fourth-order valence-corrected chi connectivity index (χ4v) is 2.25. The Bertz CT molecular complexity index is 534. The Kier molecular flexibility index (Phi) is 6.08. The first kappa shape index (κ1) is 15.2. The molecule has 0 saturated carbocycles. The van der Waals surface area contributed by atoms with Crippen LogP contribution in [0.3, 0.4) is 0 Å². The molecular weight excluding hydrogens is 260 g/mol. The summed E-state index contributed by atoms with van der Waals surface area (Å²) in [5, 5.41) is 19.2. The smallest absolute Gasteiger partial charge is 0.265 e. The van der Waals surface area contributed by atoms with Gasteiger partial charge in [-0.05, 0) is 18.4 Å². The molecule has 5 heteroatoms. The second-order valence-electron chi connectivity index (χ2n) is 4.07. The largest absolute Gasteiger partial charge is 0.395 e. The molecule has 0 fully saturated rings. The zero-order valence-electron chi connectivity index (χ0n) is 11.0. The van der Waals surface area contributed by atoms with Gasteiger partial charge in [-0.1, -0.05) is 11.8 Å². The Hall–Kier alpha value is -1.82. The van der Waals surface area contributed by atoms with Crippen molar-refractivity contribution in [3.05, 3.63) is 21.9 Å². The highest BCUT2D eigenvalue weighted by molar-refractivity contribution is 7.12. The lowest BCUT2D eigenvalue weighted by atomic mass is 10.2.